The van der Waals surface area contributed by atoms with Gasteiger partial charge in [-0.05, 0) is 18.2 Å². The summed E-state index contributed by atoms with van der Waals surface area (Å²) in [5.41, 5.74) is 0.231. The Labute approximate surface area is 157 Å². The molecule has 0 saturated carbocycles. The molecule has 0 spiro atoms. The molecule has 2 aromatic rings. The van der Waals surface area contributed by atoms with Crippen molar-refractivity contribution in [2.24, 2.45) is 0 Å². The quantitative estimate of drug-likeness (QED) is 0.670. The maximum absolute atomic E-state index is 12.7. The molecular formula is C14H10BrF3N4O3S. The van der Waals surface area contributed by atoms with Crippen molar-refractivity contribution in [3.8, 4) is 0 Å². The first kappa shape index (κ1) is 18.6. The molecule has 1 aromatic heterocycles. The summed E-state index contributed by atoms with van der Waals surface area (Å²) in [4.78, 5) is 26.7. The van der Waals surface area contributed by atoms with Crippen LogP contribution in [0.4, 0.5) is 23.1 Å². The Morgan fingerprint density at radius 1 is 1.38 bits per heavy atom. The van der Waals surface area contributed by atoms with Crippen LogP contribution in [0.15, 0.2) is 28.7 Å². The maximum Gasteiger partial charge on any atom is 0.445 e. The molecule has 1 aliphatic heterocycles. The molecule has 0 N–H and O–H groups in total. The van der Waals surface area contributed by atoms with Crippen LogP contribution >= 0.6 is 27.3 Å². The van der Waals surface area contributed by atoms with Gasteiger partial charge in [0.25, 0.3) is 0 Å². The zero-order valence-corrected chi connectivity index (χ0v) is 15.4. The molecule has 7 nitrogen and oxygen atoms in total. The highest BCUT2D eigenvalue weighted by Gasteiger charge is 2.43. The van der Waals surface area contributed by atoms with E-state index in [0.29, 0.717) is 4.47 Å². The number of esters is 1. The molecule has 0 radical (unpaired) electrons. The van der Waals surface area contributed by atoms with Crippen LogP contribution in [-0.4, -0.2) is 46.9 Å². The predicted molar refractivity (Wildman–Crippen MR) is 88.8 cm³/mol. The van der Waals surface area contributed by atoms with Gasteiger partial charge >= 0.3 is 18.2 Å². The fourth-order valence-electron chi connectivity index (χ4n) is 2.23. The Morgan fingerprint density at radius 3 is 2.73 bits per heavy atom. The average Bonchev–Trinajstić information content (AvgIpc) is 3.13. The summed E-state index contributed by atoms with van der Waals surface area (Å²) in [5.74, 6) is -0.718. The molecule has 0 bridgehead atoms. The molecule has 2 amide bonds. The third-order valence-electron chi connectivity index (χ3n) is 3.42. The normalized spacial score (nSPS) is 17.7. The summed E-state index contributed by atoms with van der Waals surface area (Å²) in [6.45, 7) is -0.0144. The van der Waals surface area contributed by atoms with Crippen LogP contribution in [0.3, 0.4) is 0 Å². The lowest BCUT2D eigenvalue weighted by Gasteiger charge is -2.19. The molecule has 1 unspecified atom stereocenters. The number of carbonyl (C=O) groups excluding carboxylic acids is 2. The van der Waals surface area contributed by atoms with Gasteiger partial charge in [0.15, 0.2) is 0 Å². The number of ether oxygens (including phenoxy) is 1. The third-order valence-corrected chi connectivity index (χ3v) is 4.88. The smallest absolute Gasteiger partial charge is 0.435 e. The molecule has 2 heterocycles. The van der Waals surface area contributed by atoms with E-state index in [0.717, 1.165) is 4.90 Å². The Balaban J connectivity index is 1.84. The lowest BCUT2D eigenvalue weighted by molar-refractivity contribution is -0.138. The lowest BCUT2D eigenvalue weighted by atomic mass is 10.2. The Bertz CT molecular complexity index is 860. The summed E-state index contributed by atoms with van der Waals surface area (Å²) in [6.07, 6.45) is -5.79. The zero-order valence-electron chi connectivity index (χ0n) is 13.0. The van der Waals surface area contributed by atoms with Crippen molar-refractivity contribution in [1.82, 2.24) is 15.1 Å². The van der Waals surface area contributed by atoms with Crippen LogP contribution in [0.1, 0.15) is 15.4 Å². The van der Waals surface area contributed by atoms with Crippen molar-refractivity contribution in [1.29, 1.82) is 0 Å². The number of anilines is 1. The second-order valence-corrected chi connectivity index (χ2v) is 7.16. The van der Waals surface area contributed by atoms with E-state index < -0.39 is 29.4 Å². The van der Waals surface area contributed by atoms with Crippen molar-refractivity contribution in [2.75, 3.05) is 18.5 Å². The summed E-state index contributed by atoms with van der Waals surface area (Å²) in [6, 6.07) is 5.76. The number of hydrogen-bond acceptors (Lipinski definition) is 6. The van der Waals surface area contributed by atoms with Gasteiger partial charge in [-0.1, -0.05) is 33.3 Å². The number of hydrogen-bond donors (Lipinski definition) is 0. The third kappa shape index (κ3) is 3.65. The molecule has 3 rings (SSSR count). The molecule has 0 aliphatic carbocycles. The number of aromatic nitrogens is 2. The minimum Gasteiger partial charge on any atom is -0.435 e. The van der Waals surface area contributed by atoms with Crippen LogP contribution in [-0.2, 0) is 10.9 Å². The van der Waals surface area contributed by atoms with Crippen LogP contribution in [0.5, 0.6) is 0 Å². The first-order valence-electron chi connectivity index (χ1n) is 7.08. The molecule has 1 aliphatic rings. The number of rotatable bonds is 3. The second-order valence-electron chi connectivity index (χ2n) is 5.29. The Kier molecular flexibility index (Phi) is 4.88. The van der Waals surface area contributed by atoms with E-state index in [1.54, 1.807) is 12.1 Å². The van der Waals surface area contributed by atoms with Crippen molar-refractivity contribution in [3.63, 3.8) is 0 Å². The van der Waals surface area contributed by atoms with Gasteiger partial charge in [0, 0.05) is 11.5 Å². The van der Waals surface area contributed by atoms with Gasteiger partial charge in [-0.15, -0.1) is 10.2 Å². The van der Waals surface area contributed by atoms with E-state index in [4.69, 9.17) is 4.74 Å². The minimum absolute atomic E-state index is 0.0144. The number of halogens is 4. The summed E-state index contributed by atoms with van der Waals surface area (Å²) in [5, 5.41) is 5.00. The van der Waals surface area contributed by atoms with Gasteiger partial charge in [0.2, 0.25) is 16.4 Å². The highest BCUT2D eigenvalue weighted by molar-refractivity contribution is 9.10. The van der Waals surface area contributed by atoms with Gasteiger partial charge in [0.1, 0.15) is 0 Å². The largest absolute Gasteiger partial charge is 0.445 e. The standard InChI is InChI=1S/C14H10BrF3N4O3S/c1-21-6-9(25-10(23)7-3-2-4-8(15)5-7)22(13(21)24)12-20-19-11(26-12)14(16,17)18/h2-5,9H,6H2,1H3. The minimum atomic E-state index is -4.67. The van der Waals surface area contributed by atoms with Gasteiger partial charge in [-0.25, -0.2) is 14.5 Å². The van der Waals surface area contributed by atoms with E-state index in [1.807, 2.05) is 0 Å². The Hall–Kier alpha value is -2.21. The van der Waals surface area contributed by atoms with Crippen LogP contribution in [0, 0.1) is 0 Å². The van der Waals surface area contributed by atoms with E-state index in [1.165, 1.54) is 24.1 Å². The number of nitrogens with zero attached hydrogens (tertiary/aromatic N) is 4. The number of amides is 2. The molecule has 1 fully saturated rings. The first-order valence-corrected chi connectivity index (χ1v) is 8.69. The summed E-state index contributed by atoms with van der Waals surface area (Å²) >= 11 is 3.43. The Morgan fingerprint density at radius 2 is 2.12 bits per heavy atom. The topological polar surface area (TPSA) is 75.6 Å². The molecule has 26 heavy (non-hydrogen) atoms. The van der Waals surface area contributed by atoms with Crippen molar-refractivity contribution in [3.05, 3.63) is 39.3 Å². The summed E-state index contributed by atoms with van der Waals surface area (Å²) < 4.78 is 44.2. The van der Waals surface area contributed by atoms with E-state index >= 15 is 0 Å². The molecule has 1 saturated heterocycles. The fourth-order valence-corrected chi connectivity index (χ4v) is 3.38. The van der Waals surface area contributed by atoms with E-state index in [-0.39, 0.29) is 28.6 Å². The monoisotopic (exact) mass is 450 g/mol. The maximum atomic E-state index is 12.7. The molecule has 138 valence electrons. The van der Waals surface area contributed by atoms with E-state index in [9.17, 15) is 22.8 Å². The fraction of sp³-hybridized carbons (Fsp3) is 0.286. The highest BCUT2D eigenvalue weighted by Crippen LogP contribution is 2.36. The van der Waals surface area contributed by atoms with Crippen LogP contribution < -0.4 is 4.90 Å². The number of carbonyl (C=O) groups is 2. The van der Waals surface area contributed by atoms with Gasteiger partial charge < -0.3 is 9.64 Å². The SMILES string of the molecule is CN1CC(OC(=O)c2cccc(Br)c2)N(c2nnc(C(F)(F)F)s2)C1=O. The summed E-state index contributed by atoms with van der Waals surface area (Å²) in [7, 11) is 1.44. The van der Waals surface area contributed by atoms with Crippen LogP contribution in [0.25, 0.3) is 0 Å². The van der Waals surface area contributed by atoms with Gasteiger partial charge in [-0.2, -0.15) is 13.2 Å². The molecule has 1 atom stereocenters. The molecular weight excluding hydrogens is 441 g/mol. The van der Waals surface area contributed by atoms with Crippen molar-refractivity contribution in [2.45, 2.75) is 12.4 Å². The van der Waals surface area contributed by atoms with Gasteiger partial charge in [-0.3, -0.25) is 0 Å². The molecule has 12 heteroatoms. The van der Waals surface area contributed by atoms with Crippen molar-refractivity contribution < 1.29 is 27.5 Å². The molecule has 1 aromatic carbocycles. The lowest BCUT2D eigenvalue weighted by Crippen LogP contribution is -2.37. The zero-order chi connectivity index (χ0) is 19.1. The van der Waals surface area contributed by atoms with Crippen molar-refractivity contribution >= 4 is 44.4 Å². The highest BCUT2D eigenvalue weighted by atomic mass is 79.9. The van der Waals surface area contributed by atoms with Crippen LogP contribution in [0.2, 0.25) is 0 Å². The second kappa shape index (κ2) is 6.83. The number of benzene rings is 1. The number of urea groups is 1. The number of likely N-dealkylation sites (N-methyl/N-ethyl adjacent to an activating group) is 1. The predicted octanol–water partition coefficient (Wildman–Crippen LogP) is 3.37. The average molecular weight is 451 g/mol. The van der Waals surface area contributed by atoms with E-state index in [2.05, 4.69) is 26.1 Å². The first-order chi connectivity index (χ1) is 12.2. The number of alkyl halides is 3. The van der Waals surface area contributed by atoms with Gasteiger partial charge in [0.05, 0.1) is 12.1 Å².